The van der Waals surface area contributed by atoms with Gasteiger partial charge in [-0.05, 0) is 119 Å². The SMILES string of the molecule is CC(C)(C)c1cc(-c2cccc3cccc(-c4ccccc4N(c4ccc(-c5cccc6c5-c5ccccc5C6(C)C)cc4)c4cccc5sc6ccccc6c45)c23)cc(C(C)(C)C)c1. The van der Waals surface area contributed by atoms with Gasteiger partial charge < -0.3 is 4.90 Å². The number of benzene rings is 9. The molecule has 1 aliphatic carbocycles. The summed E-state index contributed by atoms with van der Waals surface area (Å²) in [4.78, 5) is 2.52. The number of thiophene rings is 1. The van der Waals surface area contributed by atoms with Crippen LogP contribution in [0, 0.1) is 0 Å². The summed E-state index contributed by atoms with van der Waals surface area (Å²) < 4.78 is 2.58. The van der Waals surface area contributed by atoms with Crippen molar-refractivity contribution < 1.29 is 0 Å². The van der Waals surface area contributed by atoms with E-state index in [-0.39, 0.29) is 16.2 Å². The zero-order valence-corrected chi connectivity index (χ0v) is 39.6. The van der Waals surface area contributed by atoms with Crippen molar-refractivity contribution in [2.45, 2.75) is 71.6 Å². The number of hydrogen-bond donors (Lipinski definition) is 0. The van der Waals surface area contributed by atoms with Gasteiger partial charge in [-0.15, -0.1) is 11.3 Å². The minimum Gasteiger partial charge on any atom is -0.309 e. The second kappa shape index (κ2) is 15.2. The molecular weight excluding hydrogens is 803 g/mol. The Hall–Kier alpha value is -6.74. The van der Waals surface area contributed by atoms with Crippen molar-refractivity contribution in [1.29, 1.82) is 0 Å². The Morgan fingerprint density at radius 3 is 1.71 bits per heavy atom. The van der Waals surface area contributed by atoms with E-state index in [1.807, 2.05) is 11.3 Å². The van der Waals surface area contributed by atoms with Crippen molar-refractivity contribution >= 4 is 59.3 Å². The van der Waals surface area contributed by atoms with Gasteiger partial charge in [0.2, 0.25) is 0 Å². The molecule has 0 atom stereocenters. The van der Waals surface area contributed by atoms with Gasteiger partial charge in [-0.3, -0.25) is 0 Å². The molecule has 0 fully saturated rings. The van der Waals surface area contributed by atoms with Crippen molar-refractivity contribution in [3.63, 3.8) is 0 Å². The average Bonchev–Trinajstić information content (AvgIpc) is 3.81. The highest BCUT2D eigenvalue weighted by Gasteiger charge is 2.36. The second-order valence-electron chi connectivity index (χ2n) is 20.6. The van der Waals surface area contributed by atoms with E-state index in [0.29, 0.717) is 0 Å². The first-order chi connectivity index (χ1) is 31.3. The quantitative estimate of drug-likeness (QED) is 0.161. The van der Waals surface area contributed by atoms with Crippen molar-refractivity contribution in [3.05, 3.63) is 210 Å². The summed E-state index contributed by atoms with van der Waals surface area (Å²) in [5.74, 6) is 0. The number of hydrogen-bond acceptors (Lipinski definition) is 2. The van der Waals surface area contributed by atoms with Crippen molar-refractivity contribution in [1.82, 2.24) is 0 Å². The van der Waals surface area contributed by atoms with Crippen LogP contribution in [0.2, 0.25) is 0 Å². The van der Waals surface area contributed by atoms with Gasteiger partial charge in [-0.25, -0.2) is 0 Å². The maximum atomic E-state index is 2.52. The smallest absolute Gasteiger partial charge is 0.0555 e. The number of rotatable bonds is 6. The van der Waals surface area contributed by atoms with Crippen LogP contribution in [-0.4, -0.2) is 0 Å². The number of anilines is 3. The van der Waals surface area contributed by atoms with Crippen molar-refractivity contribution in [2.24, 2.45) is 0 Å². The third-order valence-electron chi connectivity index (χ3n) is 14.0. The minimum atomic E-state index is -0.0594. The first-order valence-corrected chi connectivity index (χ1v) is 23.9. The molecule has 1 nitrogen and oxygen atoms in total. The molecule has 10 aromatic rings. The normalized spacial score (nSPS) is 13.4. The summed E-state index contributed by atoms with van der Waals surface area (Å²) in [6, 6.07) is 70.9. The molecule has 0 saturated carbocycles. The highest BCUT2D eigenvalue weighted by atomic mass is 32.1. The fourth-order valence-corrected chi connectivity index (χ4v) is 11.6. The van der Waals surface area contributed by atoms with E-state index < -0.39 is 0 Å². The number of nitrogens with zero attached hydrogens (tertiary/aromatic N) is 1. The fourth-order valence-electron chi connectivity index (χ4n) is 10.5. The summed E-state index contributed by atoms with van der Waals surface area (Å²) in [6.45, 7) is 18.7. The Labute approximate surface area is 388 Å². The molecule has 0 radical (unpaired) electrons. The Bertz CT molecular complexity index is 3440. The first-order valence-electron chi connectivity index (χ1n) is 23.1. The van der Waals surface area contributed by atoms with Gasteiger partial charge in [-0.2, -0.15) is 0 Å². The summed E-state index contributed by atoms with van der Waals surface area (Å²) in [6.07, 6.45) is 0. The minimum absolute atomic E-state index is 0.000553. The van der Waals surface area contributed by atoms with Crippen LogP contribution in [-0.2, 0) is 16.2 Å². The van der Waals surface area contributed by atoms with Gasteiger partial charge in [0, 0.05) is 36.8 Å². The van der Waals surface area contributed by atoms with Crippen LogP contribution in [0.25, 0.3) is 75.5 Å². The first kappa shape index (κ1) is 41.0. The van der Waals surface area contributed by atoms with Gasteiger partial charge >= 0.3 is 0 Å². The monoisotopic (exact) mass is 857 g/mol. The molecular formula is C63H55NS. The highest BCUT2D eigenvalue weighted by molar-refractivity contribution is 7.26. The molecule has 2 heteroatoms. The molecule has 65 heavy (non-hydrogen) atoms. The average molecular weight is 858 g/mol. The van der Waals surface area contributed by atoms with E-state index in [4.69, 9.17) is 0 Å². The molecule has 0 spiro atoms. The van der Waals surface area contributed by atoms with Gasteiger partial charge in [0.05, 0.1) is 11.4 Å². The van der Waals surface area contributed by atoms with Gasteiger partial charge in [-0.1, -0.05) is 207 Å². The molecule has 318 valence electrons. The van der Waals surface area contributed by atoms with Gasteiger partial charge in [0.1, 0.15) is 0 Å². The lowest BCUT2D eigenvalue weighted by Crippen LogP contribution is -2.16. The lowest BCUT2D eigenvalue weighted by molar-refractivity contribution is 0.569. The molecule has 0 N–H and O–H groups in total. The molecule has 0 saturated heterocycles. The standard InChI is InChI=1S/C63H55NS/c1-61(2,3)43-37-42(38-44(39-43)62(4,5)6)47-24-15-19-41-20-16-26-49(58(41)47)48-21-10-13-29-54(48)64(55-30-18-32-57-60(55)51-23-11-14-31-56(51)65-57)45-35-33-40(34-36-45)46-25-17-28-53-59(46)50-22-9-12-27-52(50)63(53,7)8/h9-39H,1-8H3. The lowest BCUT2D eigenvalue weighted by atomic mass is 9.78. The van der Waals surface area contributed by atoms with E-state index in [2.05, 4.69) is 248 Å². The topological polar surface area (TPSA) is 3.24 Å². The summed E-state index contributed by atoms with van der Waals surface area (Å²) >= 11 is 1.87. The van der Waals surface area contributed by atoms with Crippen LogP contribution in [0.5, 0.6) is 0 Å². The molecule has 1 heterocycles. The van der Waals surface area contributed by atoms with Gasteiger partial charge in [0.15, 0.2) is 0 Å². The van der Waals surface area contributed by atoms with Gasteiger partial charge in [0.25, 0.3) is 0 Å². The Kier molecular flexibility index (Phi) is 9.58. The molecule has 0 unspecified atom stereocenters. The summed E-state index contributed by atoms with van der Waals surface area (Å²) in [5.41, 5.74) is 19.0. The maximum Gasteiger partial charge on any atom is 0.0555 e. The van der Waals surface area contributed by atoms with Crippen molar-refractivity contribution in [3.8, 4) is 44.5 Å². The van der Waals surface area contributed by atoms with Crippen LogP contribution in [0.15, 0.2) is 188 Å². The van der Waals surface area contributed by atoms with E-state index in [1.165, 1.54) is 103 Å². The zero-order chi connectivity index (χ0) is 44.8. The van der Waals surface area contributed by atoms with Crippen LogP contribution >= 0.6 is 11.3 Å². The van der Waals surface area contributed by atoms with E-state index in [9.17, 15) is 0 Å². The van der Waals surface area contributed by atoms with Crippen LogP contribution < -0.4 is 4.90 Å². The largest absolute Gasteiger partial charge is 0.309 e. The third-order valence-corrected chi connectivity index (χ3v) is 15.1. The van der Waals surface area contributed by atoms with E-state index >= 15 is 0 Å². The van der Waals surface area contributed by atoms with Crippen LogP contribution in [0.3, 0.4) is 0 Å². The fraction of sp³-hybridized carbons (Fsp3) is 0.175. The second-order valence-corrected chi connectivity index (χ2v) is 21.6. The Morgan fingerprint density at radius 1 is 0.415 bits per heavy atom. The summed E-state index contributed by atoms with van der Waals surface area (Å²) in [7, 11) is 0. The Balaban J connectivity index is 1.14. The molecule has 1 aliphatic rings. The zero-order valence-electron chi connectivity index (χ0n) is 38.8. The number of fused-ring (bicyclic) bond motifs is 7. The maximum absolute atomic E-state index is 2.52. The highest BCUT2D eigenvalue weighted by Crippen LogP contribution is 2.53. The van der Waals surface area contributed by atoms with E-state index in [1.54, 1.807) is 0 Å². The summed E-state index contributed by atoms with van der Waals surface area (Å²) in [5, 5.41) is 5.06. The predicted octanol–water partition coefficient (Wildman–Crippen LogP) is 18.6. The molecule has 0 amide bonds. The van der Waals surface area contributed by atoms with Crippen molar-refractivity contribution in [2.75, 3.05) is 4.90 Å². The molecule has 1 aromatic heterocycles. The molecule has 11 rings (SSSR count). The molecule has 0 aliphatic heterocycles. The molecule has 0 bridgehead atoms. The van der Waals surface area contributed by atoms with E-state index in [0.717, 1.165) is 11.4 Å². The lowest BCUT2D eigenvalue weighted by Gasteiger charge is -2.29. The third kappa shape index (κ3) is 6.81. The van der Waals surface area contributed by atoms with Crippen LogP contribution in [0.4, 0.5) is 17.1 Å². The predicted molar refractivity (Wildman–Crippen MR) is 283 cm³/mol. The van der Waals surface area contributed by atoms with Crippen LogP contribution in [0.1, 0.15) is 77.6 Å². The molecule has 9 aromatic carbocycles. The number of para-hydroxylation sites is 1. The Morgan fingerprint density at radius 2 is 0.969 bits per heavy atom.